The smallest absolute Gasteiger partial charge is 0.223 e. The molecule has 4 nitrogen and oxygen atoms in total. The molecule has 120 valence electrons. The van der Waals surface area contributed by atoms with Gasteiger partial charge in [-0.05, 0) is 25.0 Å². The van der Waals surface area contributed by atoms with Gasteiger partial charge in [-0.25, -0.2) is 4.98 Å². The van der Waals surface area contributed by atoms with Gasteiger partial charge in [-0.1, -0.05) is 35.9 Å². The standard InChI is InChI=1S/C19H22N2O2/c1-15-5-4-6-16(13-15)8-9-19(22)21-12-10-17(14-21)23-18-7-2-3-11-20-18/h2-7,11,13,17H,8-10,12,14H2,1H3. The monoisotopic (exact) mass is 310 g/mol. The summed E-state index contributed by atoms with van der Waals surface area (Å²) in [6.07, 6.45) is 3.98. The van der Waals surface area contributed by atoms with Gasteiger partial charge in [0.05, 0.1) is 6.54 Å². The van der Waals surface area contributed by atoms with E-state index in [0.29, 0.717) is 18.8 Å². The predicted octanol–water partition coefficient (Wildman–Crippen LogP) is 3.00. The van der Waals surface area contributed by atoms with Crippen LogP contribution in [0.3, 0.4) is 0 Å². The van der Waals surface area contributed by atoms with Crippen molar-refractivity contribution in [2.45, 2.75) is 32.3 Å². The number of hydrogen-bond donors (Lipinski definition) is 0. The molecule has 1 atom stereocenters. The molecular weight excluding hydrogens is 288 g/mol. The van der Waals surface area contributed by atoms with Gasteiger partial charge in [-0.15, -0.1) is 0 Å². The van der Waals surface area contributed by atoms with Crippen molar-refractivity contribution >= 4 is 5.91 Å². The summed E-state index contributed by atoms with van der Waals surface area (Å²) in [6.45, 7) is 3.50. The van der Waals surface area contributed by atoms with Crippen LogP contribution in [0, 0.1) is 6.92 Å². The zero-order valence-electron chi connectivity index (χ0n) is 13.4. The first-order valence-corrected chi connectivity index (χ1v) is 8.12. The van der Waals surface area contributed by atoms with Crippen LogP contribution in [-0.4, -0.2) is 35.0 Å². The number of ether oxygens (including phenoxy) is 1. The topological polar surface area (TPSA) is 42.4 Å². The summed E-state index contributed by atoms with van der Waals surface area (Å²) in [7, 11) is 0. The zero-order chi connectivity index (χ0) is 16.1. The summed E-state index contributed by atoms with van der Waals surface area (Å²) in [4.78, 5) is 18.4. The highest BCUT2D eigenvalue weighted by atomic mass is 16.5. The summed E-state index contributed by atoms with van der Waals surface area (Å²) in [5.41, 5.74) is 2.46. The fraction of sp³-hybridized carbons (Fsp3) is 0.368. The van der Waals surface area contributed by atoms with Gasteiger partial charge < -0.3 is 9.64 Å². The van der Waals surface area contributed by atoms with E-state index in [1.54, 1.807) is 6.20 Å². The highest BCUT2D eigenvalue weighted by Gasteiger charge is 2.27. The molecule has 23 heavy (non-hydrogen) atoms. The van der Waals surface area contributed by atoms with Crippen LogP contribution in [0.5, 0.6) is 5.88 Å². The molecule has 3 rings (SSSR count). The van der Waals surface area contributed by atoms with E-state index < -0.39 is 0 Å². The maximum absolute atomic E-state index is 12.4. The average molecular weight is 310 g/mol. The van der Waals surface area contributed by atoms with Crippen LogP contribution in [0.15, 0.2) is 48.7 Å². The van der Waals surface area contributed by atoms with Crippen LogP contribution in [0.1, 0.15) is 24.0 Å². The second-order valence-corrected chi connectivity index (χ2v) is 6.03. The maximum Gasteiger partial charge on any atom is 0.223 e. The Morgan fingerprint density at radius 2 is 2.22 bits per heavy atom. The molecule has 2 aromatic rings. The quantitative estimate of drug-likeness (QED) is 0.852. The van der Waals surface area contributed by atoms with Crippen molar-refractivity contribution in [1.82, 2.24) is 9.88 Å². The molecule has 1 fully saturated rings. The van der Waals surface area contributed by atoms with Gasteiger partial charge in [0, 0.05) is 31.6 Å². The molecule has 1 amide bonds. The van der Waals surface area contributed by atoms with Gasteiger partial charge in [0.15, 0.2) is 0 Å². The second kappa shape index (κ2) is 7.27. The molecule has 0 aliphatic carbocycles. The van der Waals surface area contributed by atoms with E-state index in [0.717, 1.165) is 19.4 Å². The third-order valence-electron chi connectivity index (χ3n) is 4.13. The number of rotatable bonds is 5. The molecule has 1 saturated heterocycles. The number of hydrogen-bond acceptors (Lipinski definition) is 3. The van der Waals surface area contributed by atoms with E-state index in [-0.39, 0.29) is 12.0 Å². The summed E-state index contributed by atoms with van der Waals surface area (Å²) in [5.74, 6) is 0.838. The van der Waals surface area contributed by atoms with Gasteiger partial charge in [0.25, 0.3) is 0 Å². The molecule has 0 spiro atoms. The van der Waals surface area contributed by atoms with E-state index in [1.807, 2.05) is 29.2 Å². The number of benzene rings is 1. The fourth-order valence-electron chi connectivity index (χ4n) is 2.92. The molecule has 0 N–H and O–H groups in total. The highest BCUT2D eigenvalue weighted by molar-refractivity contribution is 5.76. The van der Waals surface area contributed by atoms with Crippen molar-refractivity contribution in [2.24, 2.45) is 0 Å². The lowest BCUT2D eigenvalue weighted by Gasteiger charge is -2.17. The lowest BCUT2D eigenvalue weighted by atomic mass is 10.1. The summed E-state index contributed by atoms with van der Waals surface area (Å²) in [6, 6.07) is 14.0. The Morgan fingerprint density at radius 1 is 1.30 bits per heavy atom. The summed E-state index contributed by atoms with van der Waals surface area (Å²) >= 11 is 0. The molecule has 0 saturated carbocycles. The first kappa shape index (κ1) is 15.5. The SMILES string of the molecule is Cc1cccc(CCC(=O)N2CCC(Oc3ccccn3)C2)c1. The van der Waals surface area contributed by atoms with E-state index in [1.165, 1.54) is 11.1 Å². The first-order valence-electron chi connectivity index (χ1n) is 8.12. The van der Waals surface area contributed by atoms with Crippen molar-refractivity contribution < 1.29 is 9.53 Å². The van der Waals surface area contributed by atoms with Gasteiger partial charge in [0.2, 0.25) is 11.8 Å². The predicted molar refractivity (Wildman–Crippen MR) is 89.4 cm³/mol. The van der Waals surface area contributed by atoms with E-state index >= 15 is 0 Å². The third-order valence-corrected chi connectivity index (χ3v) is 4.13. The first-order chi connectivity index (χ1) is 11.2. The van der Waals surface area contributed by atoms with Gasteiger partial charge in [0.1, 0.15) is 6.10 Å². The minimum absolute atomic E-state index is 0.0489. The van der Waals surface area contributed by atoms with E-state index in [9.17, 15) is 4.79 Å². The molecule has 2 heterocycles. The molecular formula is C19H22N2O2. The van der Waals surface area contributed by atoms with Crippen molar-refractivity contribution in [3.05, 3.63) is 59.8 Å². The Bertz CT molecular complexity index is 657. The van der Waals surface area contributed by atoms with Crippen molar-refractivity contribution in [2.75, 3.05) is 13.1 Å². The van der Waals surface area contributed by atoms with Crippen LogP contribution >= 0.6 is 0 Å². The van der Waals surface area contributed by atoms with Crippen LogP contribution in [-0.2, 0) is 11.2 Å². The Labute approximate surface area is 137 Å². The lowest BCUT2D eigenvalue weighted by Crippen LogP contribution is -2.31. The van der Waals surface area contributed by atoms with Crippen molar-refractivity contribution in [3.8, 4) is 5.88 Å². The normalized spacial score (nSPS) is 17.3. The number of pyridine rings is 1. The van der Waals surface area contributed by atoms with Gasteiger partial charge in [-0.2, -0.15) is 0 Å². The summed E-state index contributed by atoms with van der Waals surface area (Å²) in [5, 5.41) is 0. The van der Waals surface area contributed by atoms with Gasteiger partial charge >= 0.3 is 0 Å². The number of nitrogens with zero attached hydrogens (tertiary/aromatic N) is 2. The summed E-state index contributed by atoms with van der Waals surface area (Å²) < 4.78 is 5.83. The second-order valence-electron chi connectivity index (χ2n) is 6.03. The van der Waals surface area contributed by atoms with E-state index in [4.69, 9.17) is 4.74 Å². The molecule has 1 aliphatic rings. The Morgan fingerprint density at radius 3 is 3.00 bits per heavy atom. The number of amides is 1. The van der Waals surface area contributed by atoms with Crippen molar-refractivity contribution in [3.63, 3.8) is 0 Å². The third kappa shape index (κ3) is 4.31. The lowest BCUT2D eigenvalue weighted by molar-refractivity contribution is -0.130. The number of carbonyl (C=O) groups is 1. The van der Waals surface area contributed by atoms with Gasteiger partial charge in [-0.3, -0.25) is 4.79 Å². The van der Waals surface area contributed by atoms with Crippen LogP contribution < -0.4 is 4.74 Å². The minimum atomic E-state index is 0.0489. The molecule has 1 aliphatic heterocycles. The van der Waals surface area contributed by atoms with E-state index in [2.05, 4.69) is 30.1 Å². The molecule has 1 unspecified atom stereocenters. The van der Waals surface area contributed by atoms with Crippen LogP contribution in [0.25, 0.3) is 0 Å². The fourth-order valence-corrected chi connectivity index (χ4v) is 2.92. The Kier molecular flexibility index (Phi) is 4.91. The zero-order valence-corrected chi connectivity index (χ0v) is 13.4. The molecule has 0 radical (unpaired) electrons. The van der Waals surface area contributed by atoms with Crippen molar-refractivity contribution in [1.29, 1.82) is 0 Å². The van der Waals surface area contributed by atoms with Crippen LogP contribution in [0.2, 0.25) is 0 Å². The number of carbonyl (C=O) groups excluding carboxylic acids is 1. The number of aromatic nitrogens is 1. The van der Waals surface area contributed by atoms with Crippen LogP contribution in [0.4, 0.5) is 0 Å². The number of aryl methyl sites for hydroxylation is 2. The maximum atomic E-state index is 12.4. The highest BCUT2D eigenvalue weighted by Crippen LogP contribution is 2.17. The molecule has 1 aromatic heterocycles. The number of likely N-dealkylation sites (tertiary alicyclic amines) is 1. The Balaban J connectivity index is 1.47. The average Bonchev–Trinajstić information content (AvgIpc) is 3.02. The molecule has 4 heteroatoms. The Hall–Kier alpha value is -2.36. The minimum Gasteiger partial charge on any atom is -0.472 e. The largest absolute Gasteiger partial charge is 0.472 e. The molecule has 1 aromatic carbocycles. The molecule has 0 bridgehead atoms.